The first-order valence-corrected chi connectivity index (χ1v) is 8.85. The molecular formula is C17H19N3O2S. The maximum atomic E-state index is 12.5. The first-order chi connectivity index (χ1) is 10.8. The van der Waals surface area contributed by atoms with Crippen molar-refractivity contribution >= 4 is 15.7 Å². The second-order valence-electron chi connectivity index (χ2n) is 5.80. The molecule has 0 saturated heterocycles. The Morgan fingerprint density at radius 3 is 2.57 bits per heavy atom. The number of nitrogens with one attached hydrogen (secondary N) is 1. The van der Waals surface area contributed by atoms with Crippen molar-refractivity contribution in [1.82, 2.24) is 14.1 Å². The Morgan fingerprint density at radius 1 is 1.09 bits per heavy atom. The summed E-state index contributed by atoms with van der Waals surface area (Å²) in [4.78, 5) is 4.75. The fourth-order valence-electron chi connectivity index (χ4n) is 2.57. The minimum absolute atomic E-state index is 0.163. The number of hydrogen-bond donors (Lipinski definition) is 1. The molecular weight excluding hydrogens is 310 g/mol. The molecule has 5 nitrogen and oxygen atoms in total. The van der Waals surface area contributed by atoms with Crippen LogP contribution in [-0.2, 0) is 16.6 Å². The summed E-state index contributed by atoms with van der Waals surface area (Å²) in [6, 6.07) is 9.25. The average Bonchev–Trinajstić information content (AvgIpc) is 2.87. The number of aryl methyl sites for hydroxylation is 3. The highest BCUT2D eigenvalue weighted by Gasteiger charge is 2.17. The van der Waals surface area contributed by atoms with E-state index in [0.29, 0.717) is 10.6 Å². The number of nitrogens with zero attached hydrogens (tertiary/aromatic N) is 2. The summed E-state index contributed by atoms with van der Waals surface area (Å²) in [6.07, 6.45) is 3.75. The van der Waals surface area contributed by atoms with Gasteiger partial charge in [-0.3, -0.25) is 0 Å². The van der Waals surface area contributed by atoms with Crippen LogP contribution in [0.3, 0.4) is 0 Å². The number of sulfonamides is 1. The second kappa shape index (κ2) is 5.79. The van der Waals surface area contributed by atoms with E-state index in [-0.39, 0.29) is 6.54 Å². The second-order valence-corrected chi connectivity index (χ2v) is 7.53. The van der Waals surface area contributed by atoms with E-state index in [4.69, 9.17) is 0 Å². The molecule has 2 aromatic heterocycles. The summed E-state index contributed by atoms with van der Waals surface area (Å²) in [5.74, 6) is 0. The first kappa shape index (κ1) is 15.7. The van der Waals surface area contributed by atoms with Gasteiger partial charge in [-0.05, 0) is 50.1 Å². The Kier molecular flexibility index (Phi) is 3.95. The maximum absolute atomic E-state index is 12.5. The van der Waals surface area contributed by atoms with Crippen molar-refractivity contribution in [1.29, 1.82) is 0 Å². The number of aromatic nitrogens is 2. The van der Waals surface area contributed by atoms with Crippen molar-refractivity contribution in [3.05, 3.63) is 65.1 Å². The van der Waals surface area contributed by atoms with Crippen LogP contribution in [0.4, 0.5) is 0 Å². The summed E-state index contributed by atoms with van der Waals surface area (Å²) in [7, 11) is -3.55. The molecule has 0 aliphatic carbocycles. The summed E-state index contributed by atoms with van der Waals surface area (Å²) in [6.45, 7) is 5.90. The van der Waals surface area contributed by atoms with E-state index in [1.807, 2.05) is 48.8 Å². The fraction of sp³-hybridized carbons (Fsp3) is 0.235. The van der Waals surface area contributed by atoms with Crippen molar-refractivity contribution in [3.8, 4) is 0 Å². The van der Waals surface area contributed by atoms with Gasteiger partial charge < -0.3 is 4.40 Å². The quantitative estimate of drug-likeness (QED) is 0.800. The molecule has 3 aromatic rings. The summed E-state index contributed by atoms with van der Waals surface area (Å²) in [5, 5.41) is 0. The van der Waals surface area contributed by atoms with E-state index < -0.39 is 10.0 Å². The molecule has 0 bridgehead atoms. The Hall–Kier alpha value is -2.18. The molecule has 2 heterocycles. The molecule has 120 valence electrons. The Labute approximate surface area is 136 Å². The number of rotatable bonds is 4. The van der Waals surface area contributed by atoms with Gasteiger partial charge in [-0.25, -0.2) is 18.1 Å². The van der Waals surface area contributed by atoms with Crippen molar-refractivity contribution in [3.63, 3.8) is 0 Å². The van der Waals surface area contributed by atoms with Crippen LogP contribution in [0.5, 0.6) is 0 Å². The third-order valence-electron chi connectivity index (χ3n) is 3.73. The normalized spacial score (nSPS) is 12.0. The van der Waals surface area contributed by atoms with Crippen LogP contribution < -0.4 is 4.72 Å². The van der Waals surface area contributed by atoms with Gasteiger partial charge in [0.2, 0.25) is 10.0 Å². The lowest BCUT2D eigenvalue weighted by Crippen LogP contribution is -2.24. The molecule has 1 aromatic carbocycles. The van der Waals surface area contributed by atoms with Crippen molar-refractivity contribution in [2.24, 2.45) is 0 Å². The molecule has 0 spiro atoms. The van der Waals surface area contributed by atoms with Crippen LogP contribution in [0.1, 0.15) is 22.4 Å². The largest absolute Gasteiger partial charge is 0.307 e. The average molecular weight is 329 g/mol. The van der Waals surface area contributed by atoms with E-state index in [1.54, 1.807) is 19.1 Å². The van der Waals surface area contributed by atoms with Gasteiger partial charge in [0, 0.05) is 12.4 Å². The highest BCUT2D eigenvalue weighted by Crippen LogP contribution is 2.17. The molecule has 0 atom stereocenters. The topological polar surface area (TPSA) is 63.5 Å². The predicted octanol–water partition coefficient (Wildman–Crippen LogP) is 2.74. The van der Waals surface area contributed by atoms with E-state index in [2.05, 4.69) is 9.71 Å². The molecule has 0 aliphatic rings. The highest BCUT2D eigenvalue weighted by molar-refractivity contribution is 7.89. The first-order valence-electron chi connectivity index (χ1n) is 7.36. The van der Waals surface area contributed by atoms with E-state index in [1.165, 1.54) is 0 Å². The van der Waals surface area contributed by atoms with Crippen LogP contribution in [0, 0.1) is 20.8 Å². The van der Waals surface area contributed by atoms with Gasteiger partial charge in [-0.15, -0.1) is 0 Å². The Balaban J connectivity index is 1.82. The SMILES string of the molecule is Cc1ccc(S(=O)(=O)NCc2cn3ccc(C)cc3n2)c(C)c1. The minimum Gasteiger partial charge on any atom is -0.307 e. The molecule has 0 saturated carbocycles. The number of hydrogen-bond acceptors (Lipinski definition) is 3. The molecule has 23 heavy (non-hydrogen) atoms. The van der Waals surface area contributed by atoms with Gasteiger partial charge >= 0.3 is 0 Å². The molecule has 6 heteroatoms. The van der Waals surface area contributed by atoms with Crippen molar-refractivity contribution in [2.45, 2.75) is 32.2 Å². The van der Waals surface area contributed by atoms with Crippen molar-refractivity contribution < 1.29 is 8.42 Å². The Morgan fingerprint density at radius 2 is 1.83 bits per heavy atom. The molecule has 0 aliphatic heterocycles. The van der Waals surface area contributed by atoms with Crippen molar-refractivity contribution in [2.75, 3.05) is 0 Å². The van der Waals surface area contributed by atoms with E-state index in [0.717, 1.165) is 22.3 Å². The van der Waals surface area contributed by atoms with Gasteiger partial charge in [-0.1, -0.05) is 17.7 Å². The summed E-state index contributed by atoms with van der Waals surface area (Å²) < 4.78 is 29.4. The fourth-order valence-corrected chi connectivity index (χ4v) is 3.79. The zero-order chi connectivity index (χ0) is 16.6. The van der Waals surface area contributed by atoms with Crippen LogP contribution >= 0.6 is 0 Å². The van der Waals surface area contributed by atoms with Gasteiger partial charge in [0.1, 0.15) is 5.65 Å². The monoisotopic (exact) mass is 329 g/mol. The smallest absolute Gasteiger partial charge is 0.241 e. The lowest BCUT2D eigenvalue weighted by molar-refractivity contribution is 0.580. The zero-order valence-electron chi connectivity index (χ0n) is 13.4. The standard InChI is InChI=1S/C17H19N3O2S/c1-12-4-5-16(14(3)8-12)23(21,22)18-10-15-11-20-7-6-13(2)9-17(20)19-15/h4-9,11,18H,10H2,1-3H3. The molecule has 0 amide bonds. The molecule has 0 fully saturated rings. The molecule has 0 radical (unpaired) electrons. The lowest BCUT2D eigenvalue weighted by atomic mass is 10.2. The maximum Gasteiger partial charge on any atom is 0.241 e. The summed E-state index contributed by atoms with van der Waals surface area (Å²) in [5.41, 5.74) is 4.39. The number of pyridine rings is 1. The van der Waals surface area contributed by atoms with Gasteiger partial charge in [0.25, 0.3) is 0 Å². The molecule has 3 rings (SSSR count). The van der Waals surface area contributed by atoms with Gasteiger partial charge in [0.05, 0.1) is 17.1 Å². The highest BCUT2D eigenvalue weighted by atomic mass is 32.2. The number of benzene rings is 1. The van der Waals surface area contributed by atoms with E-state index in [9.17, 15) is 8.42 Å². The number of imidazole rings is 1. The molecule has 0 unspecified atom stereocenters. The van der Waals surface area contributed by atoms with Crippen LogP contribution in [0.15, 0.2) is 47.6 Å². The summed E-state index contributed by atoms with van der Waals surface area (Å²) >= 11 is 0. The van der Waals surface area contributed by atoms with Gasteiger partial charge in [0.15, 0.2) is 0 Å². The van der Waals surface area contributed by atoms with Crippen LogP contribution in [0.25, 0.3) is 5.65 Å². The third-order valence-corrected chi connectivity index (χ3v) is 5.29. The van der Waals surface area contributed by atoms with Gasteiger partial charge in [-0.2, -0.15) is 0 Å². The van der Waals surface area contributed by atoms with Crippen LogP contribution in [-0.4, -0.2) is 17.8 Å². The Bertz CT molecular complexity index is 975. The van der Waals surface area contributed by atoms with Crippen LogP contribution in [0.2, 0.25) is 0 Å². The molecule has 1 N–H and O–H groups in total. The number of fused-ring (bicyclic) bond motifs is 1. The third kappa shape index (κ3) is 3.28. The predicted molar refractivity (Wildman–Crippen MR) is 89.9 cm³/mol. The van der Waals surface area contributed by atoms with E-state index >= 15 is 0 Å². The zero-order valence-corrected chi connectivity index (χ0v) is 14.2. The minimum atomic E-state index is -3.55. The lowest BCUT2D eigenvalue weighted by Gasteiger charge is -2.09.